The Kier molecular flexibility index (Phi) is 3.99. The lowest BCUT2D eigenvalue weighted by Crippen LogP contribution is -2.34. The van der Waals surface area contributed by atoms with Crippen LogP contribution >= 0.6 is 0 Å². The molecule has 0 radical (unpaired) electrons. The molecule has 0 bridgehead atoms. The van der Waals surface area contributed by atoms with E-state index >= 15 is 0 Å². The molecule has 5 heteroatoms. The summed E-state index contributed by atoms with van der Waals surface area (Å²) in [6.07, 6.45) is 6.41. The predicted molar refractivity (Wildman–Crippen MR) is 55.7 cm³/mol. The molecule has 0 fully saturated rings. The van der Waals surface area contributed by atoms with Crippen LogP contribution in [0.15, 0.2) is 24.3 Å². The number of rotatable bonds is 4. The molecule has 1 aliphatic rings. The van der Waals surface area contributed by atoms with E-state index in [0.717, 1.165) is 18.6 Å². The minimum atomic E-state index is -0.634. The first-order valence-electron chi connectivity index (χ1n) is 5.01. The topological polar surface area (TPSA) is 63.7 Å². The van der Waals surface area contributed by atoms with Gasteiger partial charge in [-0.3, -0.25) is 9.59 Å². The average Bonchev–Trinajstić information content (AvgIpc) is 2.57. The van der Waals surface area contributed by atoms with Crippen LogP contribution in [-0.2, 0) is 19.2 Å². The van der Waals surface area contributed by atoms with Crippen molar-refractivity contribution < 1.29 is 19.2 Å². The van der Waals surface area contributed by atoms with Crippen molar-refractivity contribution in [3.8, 4) is 0 Å². The van der Waals surface area contributed by atoms with Crippen molar-refractivity contribution in [1.29, 1.82) is 0 Å². The normalized spacial score (nSPS) is 17.2. The Bertz CT molecular complexity index is 352. The van der Waals surface area contributed by atoms with Gasteiger partial charge in [-0.05, 0) is 13.3 Å². The number of carbonyl (C=O) groups excluding carboxylic acids is 3. The monoisotopic (exact) mass is 223 g/mol. The van der Waals surface area contributed by atoms with E-state index in [0.29, 0.717) is 5.06 Å². The third kappa shape index (κ3) is 2.79. The third-order valence-corrected chi connectivity index (χ3v) is 1.98. The van der Waals surface area contributed by atoms with Gasteiger partial charge < -0.3 is 4.84 Å². The number of hydrogen-bond donors (Lipinski definition) is 0. The molecule has 1 rings (SSSR count). The van der Waals surface area contributed by atoms with Gasteiger partial charge in [-0.15, -0.1) is 0 Å². The quantitative estimate of drug-likeness (QED) is 0.526. The molecule has 0 aromatic carbocycles. The van der Waals surface area contributed by atoms with Crippen LogP contribution in [0.5, 0.6) is 0 Å². The van der Waals surface area contributed by atoms with Gasteiger partial charge in [0, 0.05) is 12.2 Å². The molecule has 0 saturated carbocycles. The van der Waals surface area contributed by atoms with Gasteiger partial charge in [-0.25, -0.2) is 4.79 Å². The lowest BCUT2D eigenvalue weighted by Gasteiger charge is -2.14. The lowest BCUT2D eigenvalue weighted by atomic mass is 10.1. The van der Waals surface area contributed by atoms with E-state index < -0.39 is 23.7 Å². The van der Waals surface area contributed by atoms with Crippen LogP contribution in [0.25, 0.3) is 0 Å². The van der Waals surface area contributed by atoms with Gasteiger partial charge in [0.25, 0.3) is 11.8 Å². The highest BCUT2D eigenvalue weighted by Crippen LogP contribution is 2.09. The molecule has 1 unspecified atom stereocenters. The van der Waals surface area contributed by atoms with E-state index in [1.165, 1.54) is 0 Å². The first kappa shape index (κ1) is 12.2. The highest BCUT2D eigenvalue weighted by atomic mass is 16.7. The molecule has 1 heterocycles. The Balaban J connectivity index is 2.55. The maximum absolute atomic E-state index is 11.4. The number of hydroxylamine groups is 2. The van der Waals surface area contributed by atoms with Crippen molar-refractivity contribution in [2.45, 2.75) is 20.3 Å². The molecule has 0 spiro atoms. The molecular formula is C11H13NO4. The summed E-state index contributed by atoms with van der Waals surface area (Å²) in [7, 11) is 0. The number of nitrogens with zero attached hydrogens (tertiary/aromatic N) is 1. The van der Waals surface area contributed by atoms with E-state index in [4.69, 9.17) is 0 Å². The van der Waals surface area contributed by atoms with Gasteiger partial charge in [-0.2, -0.15) is 0 Å². The number of allylic oxidation sites excluding steroid dienone is 1. The summed E-state index contributed by atoms with van der Waals surface area (Å²) in [6.45, 7) is 3.57. The number of imide groups is 1. The Morgan fingerprint density at radius 3 is 2.50 bits per heavy atom. The molecular weight excluding hydrogens is 210 g/mol. The maximum atomic E-state index is 11.4. The lowest BCUT2D eigenvalue weighted by molar-refractivity contribution is -0.197. The second-order valence-electron chi connectivity index (χ2n) is 3.34. The van der Waals surface area contributed by atoms with Gasteiger partial charge in [0.05, 0.1) is 5.92 Å². The van der Waals surface area contributed by atoms with Crippen LogP contribution in [0.3, 0.4) is 0 Å². The third-order valence-electron chi connectivity index (χ3n) is 1.98. The molecule has 5 nitrogen and oxygen atoms in total. The second kappa shape index (κ2) is 5.25. The van der Waals surface area contributed by atoms with Crippen LogP contribution in [0.2, 0.25) is 0 Å². The standard InChI is InChI=1S/C11H13NO4/c1-3-4-5-8(2)11(15)16-12-9(13)6-7-10(12)14/h4-8H,3H2,1-2H3/b5-4+. The average molecular weight is 223 g/mol. The highest BCUT2D eigenvalue weighted by molar-refractivity contribution is 6.12. The van der Waals surface area contributed by atoms with Crippen LogP contribution in [0.4, 0.5) is 0 Å². The Labute approximate surface area is 93.3 Å². The van der Waals surface area contributed by atoms with Gasteiger partial charge >= 0.3 is 5.97 Å². The van der Waals surface area contributed by atoms with Crippen molar-refractivity contribution >= 4 is 17.8 Å². The largest absolute Gasteiger partial charge is 0.339 e. The Hall–Kier alpha value is -1.91. The summed E-state index contributed by atoms with van der Waals surface area (Å²) < 4.78 is 0. The zero-order chi connectivity index (χ0) is 12.1. The summed E-state index contributed by atoms with van der Waals surface area (Å²) in [5.74, 6) is -2.38. The van der Waals surface area contributed by atoms with Gasteiger partial charge in [-0.1, -0.05) is 24.1 Å². The molecule has 1 atom stereocenters. The van der Waals surface area contributed by atoms with Crippen molar-refractivity contribution in [3.05, 3.63) is 24.3 Å². The van der Waals surface area contributed by atoms with Crippen molar-refractivity contribution in [2.24, 2.45) is 5.92 Å². The summed E-state index contributed by atoms with van der Waals surface area (Å²) in [5, 5.41) is 0.457. The molecule has 0 aromatic rings. The molecule has 0 aliphatic carbocycles. The summed E-state index contributed by atoms with van der Waals surface area (Å²) in [5.41, 5.74) is 0. The van der Waals surface area contributed by atoms with Gasteiger partial charge in [0.2, 0.25) is 0 Å². The van der Waals surface area contributed by atoms with Gasteiger partial charge in [0.1, 0.15) is 0 Å². The van der Waals surface area contributed by atoms with E-state index in [9.17, 15) is 14.4 Å². The minimum absolute atomic E-state index is 0.457. The summed E-state index contributed by atoms with van der Waals surface area (Å²) in [4.78, 5) is 38.3. The van der Waals surface area contributed by atoms with Crippen LogP contribution < -0.4 is 0 Å². The summed E-state index contributed by atoms with van der Waals surface area (Å²) >= 11 is 0. The van der Waals surface area contributed by atoms with E-state index in [1.54, 1.807) is 13.0 Å². The van der Waals surface area contributed by atoms with E-state index in [1.807, 2.05) is 13.0 Å². The fourth-order valence-corrected chi connectivity index (χ4v) is 1.07. The van der Waals surface area contributed by atoms with Gasteiger partial charge in [0.15, 0.2) is 0 Å². The first-order chi connectivity index (χ1) is 7.56. The van der Waals surface area contributed by atoms with Crippen LogP contribution in [0, 0.1) is 5.92 Å². The van der Waals surface area contributed by atoms with Crippen LogP contribution in [-0.4, -0.2) is 22.8 Å². The smallest absolute Gasteiger partial charge is 0.329 e. The van der Waals surface area contributed by atoms with Crippen LogP contribution in [0.1, 0.15) is 20.3 Å². The highest BCUT2D eigenvalue weighted by Gasteiger charge is 2.29. The molecule has 2 amide bonds. The first-order valence-corrected chi connectivity index (χ1v) is 5.01. The minimum Gasteiger partial charge on any atom is -0.329 e. The second-order valence-corrected chi connectivity index (χ2v) is 3.34. The molecule has 86 valence electrons. The van der Waals surface area contributed by atoms with Crippen molar-refractivity contribution in [1.82, 2.24) is 5.06 Å². The van der Waals surface area contributed by atoms with E-state index in [-0.39, 0.29) is 0 Å². The number of amides is 2. The molecule has 0 aromatic heterocycles. The predicted octanol–water partition coefficient (Wildman–Crippen LogP) is 0.972. The number of carbonyl (C=O) groups is 3. The molecule has 1 aliphatic heterocycles. The van der Waals surface area contributed by atoms with Crippen molar-refractivity contribution in [2.75, 3.05) is 0 Å². The van der Waals surface area contributed by atoms with Crippen molar-refractivity contribution in [3.63, 3.8) is 0 Å². The zero-order valence-corrected chi connectivity index (χ0v) is 9.17. The fourth-order valence-electron chi connectivity index (χ4n) is 1.07. The molecule has 0 N–H and O–H groups in total. The summed E-state index contributed by atoms with van der Waals surface area (Å²) in [6, 6.07) is 0. The molecule has 0 saturated heterocycles. The maximum Gasteiger partial charge on any atom is 0.339 e. The SMILES string of the molecule is CC/C=C/C(C)C(=O)ON1C(=O)C=CC1=O. The van der Waals surface area contributed by atoms with E-state index in [2.05, 4.69) is 4.84 Å². The fraction of sp³-hybridized carbons (Fsp3) is 0.364. The Morgan fingerprint density at radius 1 is 1.44 bits per heavy atom. The Morgan fingerprint density at radius 2 is 2.00 bits per heavy atom. The zero-order valence-electron chi connectivity index (χ0n) is 9.17. The number of hydrogen-bond acceptors (Lipinski definition) is 4. The molecule has 16 heavy (non-hydrogen) atoms.